The standard InChI is InChI=1S/C21H16N4O2/c1-21-17-13(11-6-2-4-8-14(11)22-17)10-16(18(26)24-21)25-19(27)12-7-3-5-9-15(12)23-20(21)25/h2-9,16,22H,10H2,1H3,(H,24,26)/t16-,21+/m1/s1. The van der Waals surface area contributed by atoms with Gasteiger partial charge in [-0.3, -0.25) is 14.2 Å². The van der Waals surface area contributed by atoms with Gasteiger partial charge in [0, 0.05) is 17.3 Å². The summed E-state index contributed by atoms with van der Waals surface area (Å²) in [7, 11) is 0. The molecular formula is C21H16N4O2. The lowest BCUT2D eigenvalue weighted by atomic mass is 9.93. The van der Waals surface area contributed by atoms with Crippen molar-refractivity contribution >= 4 is 27.7 Å². The number of fused-ring (bicyclic) bond motifs is 3. The topological polar surface area (TPSA) is 79.8 Å². The summed E-state index contributed by atoms with van der Waals surface area (Å²) in [6, 6.07) is 14.8. The Labute approximate surface area is 153 Å². The minimum atomic E-state index is -0.887. The monoisotopic (exact) mass is 356 g/mol. The Morgan fingerprint density at radius 3 is 2.67 bits per heavy atom. The van der Waals surface area contributed by atoms with Gasteiger partial charge < -0.3 is 10.3 Å². The maximum atomic E-state index is 13.3. The third-order valence-corrected chi connectivity index (χ3v) is 5.95. The van der Waals surface area contributed by atoms with Crippen molar-refractivity contribution in [3.63, 3.8) is 0 Å². The van der Waals surface area contributed by atoms with Crippen LogP contribution >= 0.6 is 0 Å². The van der Waals surface area contributed by atoms with Crippen LogP contribution in [0.15, 0.2) is 53.3 Å². The molecule has 0 spiro atoms. The number of aromatic amines is 1. The average molecular weight is 356 g/mol. The van der Waals surface area contributed by atoms with Gasteiger partial charge in [-0.25, -0.2) is 4.98 Å². The zero-order chi connectivity index (χ0) is 18.3. The van der Waals surface area contributed by atoms with E-state index in [9.17, 15) is 9.59 Å². The van der Waals surface area contributed by atoms with Crippen molar-refractivity contribution in [1.82, 2.24) is 19.9 Å². The van der Waals surface area contributed by atoms with Crippen molar-refractivity contribution in [2.45, 2.75) is 24.9 Å². The first kappa shape index (κ1) is 14.7. The summed E-state index contributed by atoms with van der Waals surface area (Å²) in [5, 5.41) is 4.76. The summed E-state index contributed by atoms with van der Waals surface area (Å²) in [4.78, 5) is 34.5. The number of rotatable bonds is 0. The summed E-state index contributed by atoms with van der Waals surface area (Å²) in [5.74, 6) is 0.443. The summed E-state index contributed by atoms with van der Waals surface area (Å²) in [6.07, 6.45) is 0.466. The van der Waals surface area contributed by atoms with Crippen molar-refractivity contribution < 1.29 is 4.79 Å². The van der Waals surface area contributed by atoms with Gasteiger partial charge in [0.15, 0.2) is 0 Å². The number of aromatic nitrogens is 3. The molecule has 0 fully saturated rings. The number of amides is 1. The number of H-pyrrole nitrogens is 1. The molecule has 1 amide bonds. The maximum absolute atomic E-state index is 13.3. The molecule has 3 aliphatic heterocycles. The second-order valence-electron chi connectivity index (χ2n) is 7.49. The molecular weight excluding hydrogens is 340 g/mol. The molecule has 7 rings (SSSR count). The lowest BCUT2D eigenvalue weighted by molar-refractivity contribution is -0.127. The Morgan fingerprint density at radius 1 is 1.07 bits per heavy atom. The number of nitrogens with one attached hydrogen (secondary N) is 2. The van der Waals surface area contributed by atoms with Crippen LogP contribution in [0.3, 0.4) is 0 Å². The van der Waals surface area contributed by atoms with E-state index >= 15 is 0 Å². The Hall–Kier alpha value is -3.41. The van der Waals surface area contributed by atoms with Crippen LogP contribution in [-0.4, -0.2) is 20.4 Å². The van der Waals surface area contributed by atoms with Gasteiger partial charge >= 0.3 is 0 Å². The second-order valence-corrected chi connectivity index (χ2v) is 7.49. The minimum Gasteiger partial charge on any atom is -0.356 e. The number of para-hydroxylation sites is 2. The van der Waals surface area contributed by atoms with Crippen LogP contribution in [0, 0.1) is 0 Å². The SMILES string of the molecule is C[C@]12NC(=O)[C@@H](Cc3c1[nH]c1ccccc31)n1c2nc2ccccc2c1=O. The van der Waals surface area contributed by atoms with Crippen LogP contribution in [-0.2, 0) is 16.8 Å². The van der Waals surface area contributed by atoms with Gasteiger partial charge in [0.1, 0.15) is 17.4 Å². The molecule has 6 nitrogen and oxygen atoms in total. The number of carbonyl (C=O) groups is 1. The van der Waals surface area contributed by atoms with Crippen LogP contribution < -0.4 is 10.9 Å². The molecule has 132 valence electrons. The molecule has 2 bridgehead atoms. The van der Waals surface area contributed by atoms with E-state index < -0.39 is 11.6 Å². The first-order valence-corrected chi connectivity index (χ1v) is 9.02. The van der Waals surface area contributed by atoms with Gasteiger partial charge in [0.2, 0.25) is 5.91 Å². The molecule has 0 saturated carbocycles. The lowest BCUT2D eigenvalue weighted by Gasteiger charge is -2.36. The zero-order valence-corrected chi connectivity index (χ0v) is 14.6. The molecule has 3 aliphatic rings. The van der Waals surface area contributed by atoms with E-state index in [2.05, 4.69) is 16.4 Å². The van der Waals surface area contributed by atoms with Crippen molar-refractivity contribution in [3.05, 3.63) is 76.0 Å². The molecule has 0 saturated heterocycles. The maximum Gasteiger partial charge on any atom is 0.262 e. The van der Waals surface area contributed by atoms with Crippen molar-refractivity contribution in [1.29, 1.82) is 0 Å². The highest BCUT2D eigenvalue weighted by Crippen LogP contribution is 2.43. The Balaban J connectivity index is 1.79. The van der Waals surface area contributed by atoms with Crippen LogP contribution in [0.5, 0.6) is 0 Å². The van der Waals surface area contributed by atoms with Crippen molar-refractivity contribution in [2.24, 2.45) is 0 Å². The molecule has 0 unspecified atom stereocenters. The van der Waals surface area contributed by atoms with E-state index in [1.807, 2.05) is 43.3 Å². The highest BCUT2D eigenvalue weighted by atomic mass is 16.2. The van der Waals surface area contributed by atoms with Gasteiger partial charge in [-0.2, -0.15) is 0 Å². The molecule has 0 radical (unpaired) electrons. The molecule has 27 heavy (non-hydrogen) atoms. The van der Waals surface area contributed by atoms with Gasteiger partial charge in [-0.1, -0.05) is 30.3 Å². The van der Waals surface area contributed by atoms with E-state index in [4.69, 9.17) is 4.98 Å². The molecule has 6 heteroatoms. The van der Waals surface area contributed by atoms with Crippen molar-refractivity contribution in [2.75, 3.05) is 0 Å². The van der Waals surface area contributed by atoms with Gasteiger partial charge in [-0.05, 0) is 30.7 Å². The number of nitrogens with zero attached hydrogens (tertiary/aromatic N) is 2. The van der Waals surface area contributed by atoms with E-state index in [1.54, 1.807) is 10.6 Å². The molecule has 5 heterocycles. The van der Waals surface area contributed by atoms with Crippen LogP contribution in [0.4, 0.5) is 0 Å². The van der Waals surface area contributed by atoms with E-state index in [1.165, 1.54) is 0 Å². The number of benzene rings is 2. The first-order valence-electron chi connectivity index (χ1n) is 9.02. The highest BCUT2D eigenvalue weighted by Gasteiger charge is 2.49. The second kappa shape index (κ2) is 4.65. The predicted molar refractivity (Wildman–Crippen MR) is 102 cm³/mol. The fourth-order valence-electron chi connectivity index (χ4n) is 4.68. The lowest BCUT2D eigenvalue weighted by Crippen LogP contribution is -2.55. The van der Waals surface area contributed by atoms with Gasteiger partial charge in [-0.15, -0.1) is 0 Å². The normalized spacial score (nSPS) is 23.1. The highest BCUT2D eigenvalue weighted by molar-refractivity contribution is 5.91. The molecule has 2 N–H and O–H groups in total. The summed E-state index contributed by atoms with van der Waals surface area (Å²) >= 11 is 0. The molecule has 0 aliphatic carbocycles. The number of hydrogen-bond acceptors (Lipinski definition) is 3. The van der Waals surface area contributed by atoms with Crippen LogP contribution in [0.1, 0.15) is 30.0 Å². The fourth-order valence-corrected chi connectivity index (χ4v) is 4.68. The van der Waals surface area contributed by atoms with Crippen molar-refractivity contribution in [3.8, 4) is 0 Å². The molecule has 2 aromatic heterocycles. The quantitative estimate of drug-likeness (QED) is 0.508. The number of carbonyl (C=O) groups excluding carboxylic acids is 1. The minimum absolute atomic E-state index is 0.141. The smallest absolute Gasteiger partial charge is 0.262 e. The molecule has 4 aromatic rings. The summed E-state index contributed by atoms with van der Waals surface area (Å²) in [6.45, 7) is 1.92. The van der Waals surface area contributed by atoms with E-state index in [-0.39, 0.29) is 11.5 Å². The summed E-state index contributed by atoms with van der Waals surface area (Å²) in [5.41, 5.74) is 2.62. The Bertz CT molecular complexity index is 1350. The van der Waals surface area contributed by atoms with Gasteiger partial charge in [0.25, 0.3) is 5.56 Å². The van der Waals surface area contributed by atoms with Gasteiger partial charge in [0.05, 0.1) is 16.6 Å². The predicted octanol–water partition coefficient (Wildman–Crippen LogP) is 2.37. The largest absolute Gasteiger partial charge is 0.356 e. The molecule has 2 aromatic carbocycles. The zero-order valence-electron chi connectivity index (χ0n) is 14.6. The third kappa shape index (κ3) is 1.68. The van der Waals surface area contributed by atoms with E-state index in [0.29, 0.717) is 23.1 Å². The summed E-state index contributed by atoms with van der Waals surface area (Å²) < 4.78 is 1.60. The number of hydrogen-bond donors (Lipinski definition) is 2. The Kier molecular flexibility index (Phi) is 2.54. The molecule has 2 atom stereocenters. The Morgan fingerprint density at radius 2 is 1.81 bits per heavy atom. The van der Waals surface area contributed by atoms with Crippen LogP contribution in [0.2, 0.25) is 0 Å². The fraction of sp³-hybridized carbons (Fsp3) is 0.190. The third-order valence-electron chi connectivity index (χ3n) is 5.95. The first-order chi connectivity index (χ1) is 13.1. The van der Waals surface area contributed by atoms with E-state index in [0.717, 1.165) is 22.2 Å². The van der Waals surface area contributed by atoms with Crippen LogP contribution in [0.25, 0.3) is 21.8 Å². The average Bonchev–Trinajstić information content (AvgIpc) is 2.96.